The molecule has 0 atom stereocenters. The number of nitrogens with one attached hydrogen (secondary N) is 4. The van der Waals surface area contributed by atoms with E-state index >= 15 is 0 Å². The van der Waals surface area contributed by atoms with Crippen molar-refractivity contribution in [1.82, 2.24) is 15.5 Å². The van der Waals surface area contributed by atoms with Gasteiger partial charge in [-0.1, -0.05) is 0 Å². The van der Waals surface area contributed by atoms with E-state index in [4.69, 9.17) is 9.47 Å². The number of carbonyl (C=O) groups excluding carboxylic acids is 2. The zero-order valence-corrected chi connectivity index (χ0v) is 14.3. The summed E-state index contributed by atoms with van der Waals surface area (Å²) >= 11 is 0. The van der Waals surface area contributed by atoms with Crippen molar-refractivity contribution in [2.45, 2.75) is 20.1 Å². The lowest BCUT2D eigenvalue weighted by Crippen LogP contribution is -2.28. The van der Waals surface area contributed by atoms with E-state index in [0.717, 1.165) is 11.4 Å². The summed E-state index contributed by atoms with van der Waals surface area (Å²) in [7, 11) is 3.08. The Morgan fingerprint density at radius 1 is 1.20 bits per heavy atom. The highest BCUT2D eigenvalue weighted by Gasteiger charge is 2.10. The molecule has 9 nitrogen and oxygen atoms in total. The van der Waals surface area contributed by atoms with Crippen LogP contribution in [0, 0.1) is 0 Å². The predicted molar refractivity (Wildman–Crippen MR) is 92.5 cm³/mol. The third-order valence-corrected chi connectivity index (χ3v) is 3.18. The summed E-state index contributed by atoms with van der Waals surface area (Å²) in [6.45, 7) is 2.08. The van der Waals surface area contributed by atoms with E-state index in [-0.39, 0.29) is 12.5 Å². The molecule has 1 aromatic heterocycles. The zero-order chi connectivity index (χ0) is 18.2. The summed E-state index contributed by atoms with van der Waals surface area (Å²) < 4.78 is 10.2. The summed E-state index contributed by atoms with van der Waals surface area (Å²) in [5.41, 5.74) is 2.50. The van der Waals surface area contributed by atoms with Crippen LogP contribution in [0.5, 0.6) is 5.75 Å². The second-order valence-corrected chi connectivity index (χ2v) is 5.22. The number of hydrogen-bond acceptors (Lipinski definition) is 5. The van der Waals surface area contributed by atoms with Gasteiger partial charge in [0, 0.05) is 19.7 Å². The molecule has 0 aliphatic carbocycles. The average Bonchev–Trinajstić information content (AvgIpc) is 3.01. The monoisotopic (exact) mass is 347 g/mol. The first-order chi connectivity index (χ1) is 12.0. The van der Waals surface area contributed by atoms with Gasteiger partial charge >= 0.3 is 6.03 Å². The first-order valence-electron chi connectivity index (χ1n) is 7.54. The second kappa shape index (κ2) is 8.69. The maximum absolute atomic E-state index is 12.1. The van der Waals surface area contributed by atoms with Crippen molar-refractivity contribution < 1.29 is 19.1 Å². The number of benzene rings is 1. The standard InChI is InChI=1S/C16H21N5O4/c1-10(22)18-11-4-5-15(25-3)14(7-11)19-16(23)17-8-12-6-13(9-24-2)21-20-12/h4-7H,8-9H2,1-3H3,(H,18,22)(H,20,21)(H2,17,19,23). The minimum absolute atomic E-state index is 0.202. The third-order valence-electron chi connectivity index (χ3n) is 3.18. The number of aromatic amines is 1. The molecule has 134 valence electrons. The number of anilines is 2. The molecule has 3 amide bonds. The van der Waals surface area contributed by atoms with Gasteiger partial charge in [-0.2, -0.15) is 5.10 Å². The molecule has 0 saturated heterocycles. The number of amides is 3. The van der Waals surface area contributed by atoms with Crippen LogP contribution >= 0.6 is 0 Å². The quantitative estimate of drug-likeness (QED) is 0.610. The van der Waals surface area contributed by atoms with E-state index < -0.39 is 6.03 Å². The number of ether oxygens (including phenoxy) is 2. The summed E-state index contributed by atoms with van der Waals surface area (Å²) in [4.78, 5) is 23.2. The molecule has 2 aromatic rings. The second-order valence-electron chi connectivity index (χ2n) is 5.22. The fourth-order valence-corrected chi connectivity index (χ4v) is 2.15. The molecule has 0 unspecified atom stereocenters. The Bertz CT molecular complexity index is 744. The van der Waals surface area contributed by atoms with E-state index in [1.54, 1.807) is 25.3 Å². The van der Waals surface area contributed by atoms with Gasteiger partial charge in [0.1, 0.15) is 5.75 Å². The number of nitrogens with zero attached hydrogens (tertiary/aromatic N) is 1. The Morgan fingerprint density at radius 3 is 2.68 bits per heavy atom. The van der Waals surface area contributed by atoms with Crippen LogP contribution in [0.3, 0.4) is 0 Å². The highest BCUT2D eigenvalue weighted by molar-refractivity contribution is 5.94. The van der Waals surface area contributed by atoms with Crippen LogP contribution in [0.4, 0.5) is 16.2 Å². The topological polar surface area (TPSA) is 117 Å². The molecule has 0 aliphatic rings. The van der Waals surface area contributed by atoms with Gasteiger partial charge in [0.15, 0.2) is 0 Å². The van der Waals surface area contributed by atoms with Gasteiger partial charge in [-0.3, -0.25) is 9.89 Å². The van der Waals surface area contributed by atoms with Gasteiger partial charge < -0.3 is 25.4 Å². The Balaban J connectivity index is 1.97. The van der Waals surface area contributed by atoms with Gasteiger partial charge in [-0.05, 0) is 24.3 Å². The molecule has 2 rings (SSSR count). The minimum atomic E-state index is -0.416. The van der Waals surface area contributed by atoms with Gasteiger partial charge in [-0.15, -0.1) is 0 Å². The van der Waals surface area contributed by atoms with Crippen molar-refractivity contribution in [2.24, 2.45) is 0 Å². The summed E-state index contributed by atoms with van der Waals surface area (Å²) in [6, 6.07) is 6.35. The maximum Gasteiger partial charge on any atom is 0.319 e. The molecule has 0 saturated carbocycles. The van der Waals surface area contributed by atoms with Gasteiger partial charge in [-0.25, -0.2) is 4.79 Å². The number of rotatable bonds is 7. The summed E-state index contributed by atoms with van der Waals surface area (Å²) in [5.74, 6) is 0.278. The smallest absolute Gasteiger partial charge is 0.319 e. The Kier molecular flexibility index (Phi) is 6.35. The van der Waals surface area contributed by atoms with Gasteiger partial charge in [0.25, 0.3) is 0 Å². The zero-order valence-electron chi connectivity index (χ0n) is 14.3. The fraction of sp³-hybridized carbons (Fsp3) is 0.312. The SMILES string of the molecule is COCc1cc(CNC(=O)Nc2cc(NC(C)=O)ccc2OC)[nH]n1. The first kappa shape index (κ1) is 18.3. The van der Waals surface area contributed by atoms with E-state index in [1.807, 2.05) is 6.07 Å². The van der Waals surface area contributed by atoms with Crippen molar-refractivity contribution in [3.63, 3.8) is 0 Å². The van der Waals surface area contributed by atoms with Crippen LogP contribution < -0.4 is 20.7 Å². The molecule has 4 N–H and O–H groups in total. The molecular weight excluding hydrogens is 326 g/mol. The Hall–Kier alpha value is -3.07. The molecule has 0 radical (unpaired) electrons. The molecule has 0 spiro atoms. The number of H-pyrrole nitrogens is 1. The van der Waals surface area contributed by atoms with Crippen LogP contribution in [-0.4, -0.2) is 36.4 Å². The largest absolute Gasteiger partial charge is 0.495 e. The van der Waals surface area contributed by atoms with E-state index in [0.29, 0.717) is 23.7 Å². The Morgan fingerprint density at radius 2 is 2.00 bits per heavy atom. The highest BCUT2D eigenvalue weighted by atomic mass is 16.5. The van der Waals surface area contributed by atoms with Crippen LogP contribution in [-0.2, 0) is 22.7 Å². The van der Waals surface area contributed by atoms with Crippen LogP contribution in [0.1, 0.15) is 18.3 Å². The van der Waals surface area contributed by atoms with Gasteiger partial charge in [0.2, 0.25) is 5.91 Å². The van der Waals surface area contributed by atoms with E-state index in [2.05, 4.69) is 26.1 Å². The van der Waals surface area contributed by atoms with Crippen LogP contribution in [0.15, 0.2) is 24.3 Å². The molecule has 1 aromatic carbocycles. The van der Waals surface area contributed by atoms with Gasteiger partial charge in [0.05, 0.1) is 37.3 Å². The first-order valence-corrected chi connectivity index (χ1v) is 7.54. The van der Waals surface area contributed by atoms with Crippen molar-refractivity contribution in [3.8, 4) is 5.75 Å². The number of carbonyl (C=O) groups is 2. The maximum atomic E-state index is 12.1. The number of urea groups is 1. The number of aromatic nitrogens is 2. The van der Waals surface area contributed by atoms with Crippen molar-refractivity contribution >= 4 is 23.3 Å². The average molecular weight is 347 g/mol. The molecule has 1 heterocycles. The Labute approximate surface area is 145 Å². The van der Waals surface area contributed by atoms with Crippen molar-refractivity contribution in [1.29, 1.82) is 0 Å². The van der Waals surface area contributed by atoms with Crippen molar-refractivity contribution in [3.05, 3.63) is 35.7 Å². The lowest BCUT2D eigenvalue weighted by Gasteiger charge is -2.12. The van der Waals surface area contributed by atoms with Crippen molar-refractivity contribution in [2.75, 3.05) is 24.9 Å². The van der Waals surface area contributed by atoms with Crippen LogP contribution in [0.2, 0.25) is 0 Å². The fourth-order valence-electron chi connectivity index (χ4n) is 2.15. The minimum Gasteiger partial charge on any atom is -0.495 e. The molecule has 25 heavy (non-hydrogen) atoms. The summed E-state index contributed by atoms with van der Waals surface area (Å²) in [6.07, 6.45) is 0. The van der Waals surface area contributed by atoms with Crippen LogP contribution in [0.25, 0.3) is 0 Å². The summed E-state index contributed by atoms with van der Waals surface area (Å²) in [5, 5.41) is 14.9. The number of methoxy groups -OCH3 is 2. The third kappa shape index (κ3) is 5.50. The molecule has 9 heteroatoms. The molecule has 0 fully saturated rings. The normalized spacial score (nSPS) is 10.2. The number of hydrogen-bond donors (Lipinski definition) is 4. The molecule has 0 bridgehead atoms. The molecular formula is C16H21N5O4. The van der Waals surface area contributed by atoms with E-state index in [1.165, 1.54) is 14.0 Å². The molecule has 0 aliphatic heterocycles. The predicted octanol–water partition coefficient (Wildman–Crippen LogP) is 1.84. The van der Waals surface area contributed by atoms with E-state index in [9.17, 15) is 9.59 Å². The lowest BCUT2D eigenvalue weighted by molar-refractivity contribution is -0.114. The lowest BCUT2D eigenvalue weighted by atomic mass is 10.2. The highest BCUT2D eigenvalue weighted by Crippen LogP contribution is 2.27.